The highest BCUT2D eigenvalue weighted by atomic mass is 35.5. The van der Waals surface area contributed by atoms with E-state index in [4.69, 9.17) is 28.5 Å². The molecule has 0 N–H and O–H groups in total. The number of anilines is 1. The Bertz CT molecular complexity index is 785. The van der Waals surface area contributed by atoms with Crippen LogP contribution in [0.5, 0.6) is 0 Å². The van der Waals surface area contributed by atoms with E-state index in [2.05, 4.69) is 0 Å². The van der Waals surface area contributed by atoms with Gasteiger partial charge >= 0.3 is 6.18 Å². The largest absolute Gasteiger partial charge is 0.416 e. The van der Waals surface area contributed by atoms with E-state index in [0.717, 1.165) is 5.01 Å². The van der Waals surface area contributed by atoms with Crippen molar-refractivity contribution < 1.29 is 26.2 Å². The van der Waals surface area contributed by atoms with Gasteiger partial charge in [-0.05, 0) is 19.1 Å². The van der Waals surface area contributed by atoms with Crippen molar-refractivity contribution in [3.8, 4) is 6.07 Å². The summed E-state index contributed by atoms with van der Waals surface area (Å²) in [4.78, 5) is 0. The number of halogens is 7. The van der Waals surface area contributed by atoms with Crippen LogP contribution in [0.4, 0.5) is 27.6 Å². The zero-order chi connectivity index (χ0) is 19.1. The van der Waals surface area contributed by atoms with E-state index in [9.17, 15) is 26.2 Å². The molecule has 25 heavy (non-hydrogen) atoms. The molecule has 0 radical (unpaired) electrons. The molecule has 0 bridgehead atoms. The Balaban J connectivity index is 2.67. The number of nitriles is 1. The van der Waals surface area contributed by atoms with E-state index in [1.54, 1.807) is 6.07 Å². The topological polar surface area (TPSA) is 47.3 Å². The summed E-state index contributed by atoms with van der Waals surface area (Å²) >= 11 is 11.7. The second kappa shape index (κ2) is 7.07. The molecule has 136 valence electrons. The minimum atomic E-state index is -4.84. The Morgan fingerprint density at radius 3 is 2.40 bits per heavy atom. The van der Waals surface area contributed by atoms with Crippen molar-refractivity contribution in [1.82, 2.24) is 4.41 Å². The van der Waals surface area contributed by atoms with E-state index in [0.29, 0.717) is 10.5 Å². The normalized spacial score (nSPS) is 20.1. The van der Waals surface area contributed by atoms with Crippen LogP contribution >= 0.6 is 23.2 Å². The third-order valence-corrected chi connectivity index (χ3v) is 5.05. The van der Waals surface area contributed by atoms with Gasteiger partial charge in [0.1, 0.15) is 22.5 Å². The van der Waals surface area contributed by atoms with Gasteiger partial charge in [-0.25, -0.2) is 13.0 Å². The molecule has 2 rings (SSSR count). The number of hydrogen-bond donors (Lipinski definition) is 0. The molecule has 1 aliphatic rings. The third kappa shape index (κ3) is 3.46. The Kier molecular flexibility index (Phi) is 5.63. The summed E-state index contributed by atoms with van der Waals surface area (Å²) in [5.41, 5.74) is -1.97. The summed E-state index contributed by atoms with van der Waals surface area (Å²) in [5, 5.41) is 9.06. The lowest BCUT2D eigenvalue weighted by Crippen LogP contribution is -2.44. The van der Waals surface area contributed by atoms with Crippen molar-refractivity contribution in [2.75, 3.05) is 11.0 Å². The second-order valence-electron chi connectivity index (χ2n) is 4.80. The average Bonchev–Trinajstić information content (AvgIpc) is 2.77. The van der Waals surface area contributed by atoms with Crippen LogP contribution in [0.2, 0.25) is 5.02 Å². The van der Waals surface area contributed by atoms with Crippen LogP contribution in [0.1, 0.15) is 12.5 Å². The zero-order valence-corrected chi connectivity index (χ0v) is 14.6. The third-order valence-electron chi connectivity index (χ3n) is 3.30. The van der Waals surface area contributed by atoms with E-state index >= 15 is 0 Å². The number of benzene rings is 1. The molecule has 1 aromatic carbocycles. The predicted molar refractivity (Wildman–Crippen MR) is 82.8 cm³/mol. The van der Waals surface area contributed by atoms with Gasteiger partial charge in [-0.15, -0.1) is 4.41 Å². The van der Waals surface area contributed by atoms with Crippen molar-refractivity contribution in [2.24, 2.45) is 0 Å². The summed E-state index contributed by atoms with van der Waals surface area (Å²) in [5.74, 6) is -1.40. The van der Waals surface area contributed by atoms with Crippen LogP contribution < -0.4 is 5.01 Å². The maximum Gasteiger partial charge on any atom is 0.416 e. The summed E-state index contributed by atoms with van der Waals surface area (Å²) in [7, 11) is -2.45. The summed E-state index contributed by atoms with van der Waals surface area (Å²) in [6.07, 6.45) is -4.84. The van der Waals surface area contributed by atoms with E-state index in [1.807, 2.05) is 0 Å². The van der Waals surface area contributed by atoms with Gasteiger partial charge in [0.15, 0.2) is 12.0 Å². The number of alkyl halides is 4. The Hall–Kier alpha value is -1.41. The fourth-order valence-corrected chi connectivity index (χ4v) is 3.66. The number of rotatable bonds is 3. The molecule has 12 heteroatoms. The zero-order valence-electron chi connectivity index (χ0n) is 12.2. The van der Waals surface area contributed by atoms with E-state index < -0.39 is 51.3 Å². The monoisotopic (exact) mass is 419 g/mol. The molecule has 0 saturated carbocycles. The molecular weight excluding hydrogens is 412 g/mol. The van der Waals surface area contributed by atoms with Gasteiger partial charge in [0.05, 0.1) is 27.4 Å². The molecule has 2 atom stereocenters. The molecular formula is C13H8Cl2F5N3OS. The number of nitrogens with zero attached hydrogens (tertiary/aromatic N) is 3. The maximum atomic E-state index is 14.4. The lowest BCUT2D eigenvalue weighted by molar-refractivity contribution is -0.137. The molecule has 4 nitrogen and oxygen atoms in total. The van der Waals surface area contributed by atoms with Gasteiger partial charge < -0.3 is 0 Å². The molecule has 1 heterocycles. The van der Waals surface area contributed by atoms with Gasteiger partial charge in [-0.3, -0.25) is 5.01 Å². The molecule has 0 aromatic heterocycles. The number of hydrazine groups is 1. The first-order valence-electron chi connectivity index (χ1n) is 6.40. The number of hydrogen-bond acceptors (Lipinski definition) is 3. The molecule has 1 aromatic rings. The molecule has 0 spiro atoms. The SMILES string of the molecule is CC1=C(Cl)C(C#N)N(S(=O)CF)N1c1c(F)cc(C(F)(F)F)cc1Cl. The van der Waals surface area contributed by atoms with Crippen molar-refractivity contribution in [1.29, 1.82) is 5.26 Å². The van der Waals surface area contributed by atoms with Gasteiger partial charge in [-0.2, -0.15) is 18.4 Å². The van der Waals surface area contributed by atoms with Crippen LogP contribution in [-0.4, -0.2) is 20.7 Å². The molecule has 1 aliphatic heterocycles. The van der Waals surface area contributed by atoms with Crippen LogP contribution in [0, 0.1) is 17.1 Å². The smallest absolute Gasteiger partial charge is 0.260 e. The first-order valence-corrected chi connectivity index (χ1v) is 8.43. The minimum Gasteiger partial charge on any atom is -0.260 e. The highest BCUT2D eigenvalue weighted by molar-refractivity contribution is 7.82. The highest BCUT2D eigenvalue weighted by Crippen LogP contribution is 2.43. The first-order chi connectivity index (χ1) is 11.5. The molecule has 2 unspecified atom stereocenters. The number of allylic oxidation sites excluding steroid dienone is 1. The fourth-order valence-electron chi connectivity index (χ4n) is 2.22. The van der Waals surface area contributed by atoms with Crippen LogP contribution in [0.3, 0.4) is 0 Å². The van der Waals surface area contributed by atoms with Crippen LogP contribution in [-0.2, 0) is 17.2 Å². The lowest BCUT2D eigenvalue weighted by Gasteiger charge is -2.31. The predicted octanol–water partition coefficient (Wildman–Crippen LogP) is 4.49. The summed E-state index contributed by atoms with van der Waals surface area (Å²) < 4.78 is 78.1. The van der Waals surface area contributed by atoms with Gasteiger partial charge in [0.2, 0.25) is 0 Å². The van der Waals surface area contributed by atoms with Crippen LogP contribution in [0.15, 0.2) is 22.9 Å². The average molecular weight is 420 g/mol. The summed E-state index contributed by atoms with van der Waals surface area (Å²) in [6.45, 7) is 1.30. The fraction of sp³-hybridized carbons (Fsp3) is 0.308. The lowest BCUT2D eigenvalue weighted by atomic mass is 10.2. The summed E-state index contributed by atoms with van der Waals surface area (Å²) in [6, 6.07) is -0.495. The molecule has 0 amide bonds. The van der Waals surface area contributed by atoms with Crippen molar-refractivity contribution in [3.05, 3.63) is 39.3 Å². The minimum absolute atomic E-state index is 0.0180. The Labute approximate surface area is 151 Å². The van der Waals surface area contributed by atoms with E-state index in [-0.39, 0.29) is 16.8 Å². The Morgan fingerprint density at radius 1 is 1.36 bits per heavy atom. The Morgan fingerprint density at radius 2 is 1.96 bits per heavy atom. The van der Waals surface area contributed by atoms with Crippen molar-refractivity contribution in [2.45, 2.75) is 19.1 Å². The highest BCUT2D eigenvalue weighted by Gasteiger charge is 2.43. The van der Waals surface area contributed by atoms with Gasteiger partial charge in [0.25, 0.3) is 0 Å². The van der Waals surface area contributed by atoms with E-state index in [1.165, 1.54) is 6.92 Å². The molecule has 0 aliphatic carbocycles. The van der Waals surface area contributed by atoms with Crippen molar-refractivity contribution in [3.63, 3.8) is 0 Å². The van der Waals surface area contributed by atoms with Gasteiger partial charge in [0, 0.05) is 0 Å². The quantitative estimate of drug-likeness (QED) is 0.678. The molecule has 0 fully saturated rings. The van der Waals surface area contributed by atoms with Gasteiger partial charge in [-0.1, -0.05) is 23.2 Å². The maximum absolute atomic E-state index is 14.4. The first kappa shape index (κ1) is 19.9. The standard InChI is InChI=1S/C13H8Cl2F5N3OS/c1-6-11(15)10(4-21)23(25(24)5-16)22(6)12-8(14)2-7(3-9(12)17)13(18,19)20/h2-3,10H,5H2,1H3. The van der Waals surface area contributed by atoms with Crippen molar-refractivity contribution >= 4 is 39.9 Å². The molecule has 0 saturated heterocycles. The second-order valence-corrected chi connectivity index (χ2v) is 6.85. The van der Waals surface area contributed by atoms with Crippen LogP contribution in [0.25, 0.3) is 0 Å².